The van der Waals surface area contributed by atoms with Crippen LogP contribution in [-0.2, 0) is 0 Å². The molecule has 1 heterocycles. The molecule has 3 rings (SSSR count). The maximum atomic E-state index is 13.9. The zero-order chi connectivity index (χ0) is 12.4. The molecule has 0 atom stereocenters. The van der Waals surface area contributed by atoms with Crippen LogP contribution in [0.3, 0.4) is 0 Å². The van der Waals surface area contributed by atoms with Crippen LogP contribution >= 0.6 is 0 Å². The molecule has 0 amide bonds. The molecule has 18 heavy (non-hydrogen) atoms. The van der Waals surface area contributed by atoms with Crippen LogP contribution in [0.2, 0.25) is 0 Å². The summed E-state index contributed by atoms with van der Waals surface area (Å²) in [5, 5.41) is 3.78. The summed E-state index contributed by atoms with van der Waals surface area (Å²) in [7, 11) is 0. The second-order valence-electron chi connectivity index (χ2n) is 4.00. The van der Waals surface area contributed by atoms with Gasteiger partial charge in [0.1, 0.15) is 0 Å². The summed E-state index contributed by atoms with van der Waals surface area (Å²) < 4.78 is 13.9. The molecule has 3 heteroatoms. The lowest BCUT2D eigenvalue weighted by Gasteiger charge is -2.07. The molecule has 0 bridgehead atoms. The van der Waals surface area contributed by atoms with Gasteiger partial charge < -0.3 is 5.32 Å². The summed E-state index contributed by atoms with van der Waals surface area (Å²) >= 11 is 0. The molecule has 0 fully saturated rings. The number of fused-ring (bicyclic) bond motifs is 1. The van der Waals surface area contributed by atoms with Gasteiger partial charge in [-0.15, -0.1) is 0 Å². The van der Waals surface area contributed by atoms with Crippen molar-refractivity contribution in [2.24, 2.45) is 0 Å². The standard InChI is InChI=1S/C15H11FN2/c16-13-10-11-6-4-5-9-14(11)18-15(13)17-12-7-2-1-3-8-12/h1-10H,(H,17,18). The molecule has 0 aliphatic rings. The van der Waals surface area contributed by atoms with Crippen LogP contribution in [0, 0.1) is 5.82 Å². The van der Waals surface area contributed by atoms with Gasteiger partial charge >= 0.3 is 0 Å². The van der Waals surface area contributed by atoms with Crippen molar-refractivity contribution in [3.8, 4) is 0 Å². The molecule has 2 nitrogen and oxygen atoms in total. The van der Waals surface area contributed by atoms with Gasteiger partial charge in [0.05, 0.1) is 5.52 Å². The molecule has 0 aliphatic carbocycles. The van der Waals surface area contributed by atoms with E-state index >= 15 is 0 Å². The molecule has 0 spiro atoms. The highest BCUT2D eigenvalue weighted by Gasteiger charge is 2.06. The molecule has 1 N–H and O–H groups in total. The van der Waals surface area contributed by atoms with Crippen LogP contribution in [0.5, 0.6) is 0 Å². The van der Waals surface area contributed by atoms with Gasteiger partial charge in [-0.1, -0.05) is 36.4 Å². The molecule has 0 saturated carbocycles. The lowest BCUT2D eigenvalue weighted by molar-refractivity contribution is 0.629. The first kappa shape index (κ1) is 10.7. The normalized spacial score (nSPS) is 10.5. The number of nitrogens with zero attached hydrogens (tertiary/aromatic N) is 1. The average Bonchev–Trinajstić information content (AvgIpc) is 2.41. The van der Waals surface area contributed by atoms with Gasteiger partial charge in [-0.05, 0) is 24.3 Å². The van der Waals surface area contributed by atoms with E-state index in [2.05, 4.69) is 10.3 Å². The zero-order valence-electron chi connectivity index (χ0n) is 9.60. The molecule has 0 unspecified atom stereocenters. The van der Waals surface area contributed by atoms with Crippen molar-refractivity contribution < 1.29 is 4.39 Å². The van der Waals surface area contributed by atoms with E-state index in [1.54, 1.807) is 0 Å². The van der Waals surface area contributed by atoms with Crippen LogP contribution in [0.1, 0.15) is 0 Å². The number of rotatable bonds is 2. The number of nitrogens with one attached hydrogen (secondary N) is 1. The van der Waals surface area contributed by atoms with E-state index in [1.165, 1.54) is 6.07 Å². The van der Waals surface area contributed by atoms with E-state index in [0.717, 1.165) is 16.6 Å². The Morgan fingerprint density at radius 1 is 0.889 bits per heavy atom. The van der Waals surface area contributed by atoms with E-state index in [9.17, 15) is 4.39 Å². The van der Waals surface area contributed by atoms with Gasteiger partial charge in [-0.25, -0.2) is 9.37 Å². The van der Waals surface area contributed by atoms with Crippen LogP contribution in [0.4, 0.5) is 15.9 Å². The molecule has 3 aromatic rings. The Morgan fingerprint density at radius 3 is 2.44 bits per heavy atom. The van der Waals surface area contributed by atoms with Gasteiger partial charge in [-0.2, -0.15) is 0 Å². The first-order valence-electron chi connectivity index (χ1n) is 5.70. The molecule has 88 valence electrons. The zero-order valence-corrected chi connectivity index (χ0v) is 9.60. The minimum Gasteiger partial charge on any atom is -0.338 e. The van der Waals surface area contributed by atoms with Crippen molar-refractivity contribution in [2.45, 2.75) is 0 Å². The smallest absolute Gasteiger partial charge is 0.167 e. The summed E-state index contributed by atoms with van der Waals surface area (Å²) in [6, 6.07) is 18.4. The summed E-state index contributed by atoms with van der Waals surface area (Å²) in [6.45, 7) is 0. The Labute approximate surface area is 104 Å². The van der Waals surface area contributed by atoms with Crippen LogP contribution in [0.25, 0.3) is 10.9 Å². The lowest BCUT2D eigenvalue weighted by Crippen LogP contribution is -1.97. The van der Waals surface area contributed by atoms with Gasteiger partial charge in [0.15, 0.2) is 11.6 Å². The summed E-state index contributed by atoms with van der Waals surface area (Å²) in [4.78, 5) is 4.28. The van der Waals surface area contributed by atoms with Gasteiger partial charge in [0.25, 0.3) is 0 Å². The van der Waals surface area contributed by atoms with Crippen LogP contribution in [0.15, 0.2) is 60.7 Å². The van der Waals surface area contributed by atoms with Gasteiger partial charge in [-0.3, -0.25) is 0 Å². The number of pyridine rings is 1. The van der Waals surface area contributed by atoms with Crippen molar-refractivity contribution in [2.75, 3.05) is 5.32 Å². The number of benzene rings is 2. The molecular weight excluding hydrogens is 227 g/mol. The number of halogens is 1. The van der Waals surface area contributed by atoms with Gasteiger partial charge in [0.2, 0.25) is 0 Å². The number of aromatic nitrogens is 1. The predicted molar refractivity (Wildman–Crippen MR) is 71.4 cm³/mol. The van der Waals surface area contributed by atoms with Crippen molar-refractivity contribution in [3.05, 3.63) is 66.5 Å². The van der Waals surface area contributed by atoms with E-state index < -0.39 is 0 Å². The topological polar surface area (TPSA) is 24.9 Å². The molecule has 0 aliphatic heterocycles. The van der Waals surface area contributed by atoms with Crippen molar-refractivity contribution in [1.82, 2.24) is 4.98 Å². The number of anilines is 2. The second-order valence-corrected chi connectivity index (χ2v) is 4.00. The third kappa shape index (κ3) is 2.02. The van der Waals surface area contributed by atoms with E-state index in [0.29, 0.717) is 0 Å². The van der Waals surface area contributed by atoms with E-state index in [1.807, 2.05) is 54.6 Å². The lowest BCUT2D eigenvalue weighted by atomic mass is 10.2. The Hall–Kier alpha value is -2.42. The monoisotopic (exact) mass is 238 g/mol. The summed E-state index contributed by atoms with van der Waals surface area (Å²) in [6.07, 6.45) is 0. The number of para-hydroxylation sites is 2. The summed E-state index contributed by atoms with van der Waals surface area (Å²) in [5.41, 5.74) is 1.59. The highest BCUT2D eigenvalue weighted by molar-refractivity contribution is 5.81. The number of hydrogen-bond donors (Lipinski definition) is 1. The van der Waals surface area contributed by atoms with E-state index in [-0.39, 0.29) is 11.6 Å². The van der Waals surface area contributed by atoms with Crippen molar-refractivity contribution in [3.63, 3.8) is 0 Å². The highest BCUT2D eigenvalue weighted by atomic mass is 19.1. The fourth-order valence-corrected chi connectivity index (χ4v) is 1.84. The second kappa shape index (κ2) is 4.45. The molecule has 0 radical (unpaired) electrons. The third-order valence-corrected chi connectivity index (χ3v) is 2.71. The Bertz CT molecular complexity index is 680. The minimum absolute atomic E-state index is 0.250. The highest BCUT2D eigenvalue weighted by Crippen LogP contribution is 2.22. The average molecular weight is 238 g/mol. The van der Waals surface area contributed by atoms with Crippen molar-refractivity contribution >= 4 is 22.4 Å². The Balaban J connectivity index is 2.04. The van der Waals surface area contributed by atoms with Crippen LogP contribution in [-0.4, -0.2) is 4.98 Å². The predicted octanol–water partition coefficient (Wildman–Crippen LogP) is 4.12. The fraction of sp³-hybridized carbons (Fsp3) is 0. The molecule has 0 saturated heterocycles. The van der Waals surface area contributed by atoms with E-state index in [4.69, 9.17) is 0 Å². The van der Waals surface area contributed by atoms with Crippen LogP contribution < -0.4 is 5.32 Å². The summed E-state index contributed by atoms with van der Waals surface area (Å²) in [5.74, 6) is -0.0996. The van der Waals surface area contributed by atoms with Crippen molar-refractivity contribution in [1.29, 1.82) is 0 Å². The SMILES string of the molecule is Fc1cc2ccccc2nc1Nc1ccccc1. The Morgan fingerprint density at radius 2 is 1.61 bits per heavy atom. The molecular formula is C15H11FN2. The largest absolute Gasteiger partial charge is 0.338 e. The first-order chi connectivity index (χ1) is 8.83. The Kier molecular flexibility index (Phi) is 2.65. The first-order valence-corrected chi connectivity index (χ1v) is 5.70. The third-order valence-electron chi connectivity index (χ3n) is 2.71. The molecule has 1 aromatic heterocycles. The number of hydrogen-bond acceptors (Lipinski definition) is 2. The fourth-order valence-electron chi connectivity index (χ4n) is 1.84. The molecule has 2 aromatic carbocycles. The van der Waals surface area contributed by atoms with Gasteiger partial charge in [0, 0.05) is 11.1 Å². The maximum absolute atomic E-state index is 13.9. The quantitative estimate of drug-likeness (QED) is 0.726. The maximum Gasteiger partial charge on any atom is 0.167 e. The minimum atomic E-state index is -0.349.